The highest BCUT2D eigenvalue weighted by molar-refractivity contribution is 5.55. The Kier molecular flexibility index (Phi) is 2.18. The Labute approximate surface area is 82.5 Å². The van der Waals surface area contributed by atoms with Gasteiger partial charge in [-0.1, -0.05) is 5.16 Å². The first-order valence-corrected chi connectivity index (χ1v) is 4.02. The second-order valence-electron chi connectivity index (χ2n) is 2.82. The fourth-order valence-electron chi connectivity index (χ4n) is 1.05. The molecule has 2 heterocycles. The topological polar surface area (TPSA) is 38.9 Å². The minimum absolute atomic E-state index is 0.0513. The summed E-state index contributed by atoms with van der Waals surface area (Å²) < 4.78 is 41.1. The average molecular weight is 214 g/mol. The van der Waals surface area contributed by atoms with Gasteiger partial charge in [0.2, 0.25) is 0 Å². The highest BCUT2D eigenvalue weighted by Crippen LogP contribution is 2.31. The molecule has 6 heteroatoms. The van der Waals surface area contributed by atoms with Crippen molar-refractivity contribution < 1.29 is 17.7 Å². The third-order valence-corrected chi connectivity index (χ3v) is 1.75. The maximum Gasteiger partial charge on any atom is 0.436 e. The number of alkyl halides is 3. The van der Waals surface area contributed by atoms with Gasteiger partial charge in [0.15, 0.2) is 11.5 Å². The van der Waals surface area contributed by atoms with Crippen LogP contribution in [0.1, 0.15) is 5.69 Å². The van der Waals surface area contributed by atoms with Crippen molar-refractivity contribution in [2.45, 2.75) is 6.18 Å². The number of halogens is 3. The van der Waals surface area contributed by atoms with Crippen LogP contribution in [0.15, 0.2) is 35.1 Å². The number of nitrogens with zero attached hydrogens (tertiary/aromatic N) is 2. The lowest BCUT2D eigenvalue weighted by Crippen LogP contribution is -2.04. The Balaban J connectivity index is 2.37. The molecular weight excluding hydrogens is 209 g/mol. The normalized spacial score (nSPS) is 11.7. The summed E-state index contributed by atoms with van der Waals surface area (Å²) in [6.07, 6.45) is -1.56. The standard InChI is InChI=1S/C9H5F3N2O/c10-9(11,12)8-4-7(15-14-8)6-2-1-3-13-5-6/h1-5H. The van der Waals surface area contributed by atoms with Crippen molar-refractivity contribution >= 4 is 0 Å². The van der Waals surface area contributed by atoms with Crippen LogP contribution in [-0.2, 0) is 6.18 Å². The Morgan fingerprint density at radius 3 is 2.60 bits per heavy atom. The third-order valence-electron chi connectivity index (χ3n) is 1.75. The first-order chi connectivity index (χ1) is 7.07. The molecule has 0 aliphatic carbocycles. The molecule has 15 heavy (non-hydrogen) atoms. The maximum absolute atomic E-state index is 12.2. The summed E-state index contributed by atoms with van der Waals surface area (Å²) in [6.45, 7) is 0. The van der Waals surface area contributed by atoms with Crippen molar-refractivity contribution in [3.05, 3.63) is 36.3 Å². The predicted molar refractivity (Wildman–Crippen MR) is 44.7 cm³/mol. The molecule has 3 nitrogen and oxygen atoms in total. The molecule has 2 rings (SSSR count). The number of hydrogen-bond acceptors (Lipinski definition) is 3. The zero-order valence-electron chi connectivity index (χ0n) is 7.32. The molecule has 78 valence electrons. The van der Waals surface area contributed by atoms with E-state index in [0.717, 1.165) is 6.07 Å². The molecule has 0 unspecified atom stereocenters. The van der Waals surface area contributed by atoms with Crippen molar-refractivity contribution in [1.29, 1.82) is 0 Å². The zero-order chi connectivity index (χ0) is 10.9. The van der Waals surface area contributed by atoms with Crippen LogP contribution >= 0.6 is 0 Å². The van der Waals surface area contributed by atoms with E-state index in [1.54, 1.807) is 12.1 Å². The van der Waals surface area contributed by atoms with Gasteiger partial charge in [0.25, 0.3) is 0 Å². The van der Waals surface area contributed by atoms with Crippen LogP contribution < -0.4 is 0 Å². The molecule has 0 aliphatic heterocycles. The lowest BCUT2D eigenvalue weighted by Gasteiger charge is -1.97. The minimum atomic E-state index is -4.48. The van der Waals surface area contributed by atoms with Crippen LogP contribution in [0.2, 0.25) is 0 Å². The monoisotopic (exact) mass is 214 g/mol. The molecule has 0 fully saturated rings. The van der Waals surface area contributed by atoms with E-state index < -0.39 is 11.9 Å². The quantitative estimate of drug-likeness (QED) is 0.732. The van der Waals surface area contributed by atoms with Crippen molar-refractivity contribution in [2.24, 2.45) is 0 Å². The zero-order valence-corrected chi connectivity index (χ0v) is 7.32. The lowest BCUT2D eigenvalue weighted by molar-refractivity contribution is -0.142. The highest BCUT2D eigenvalue weighted by Gasteiger charge is 2.35. The molecule has 0 atom stereocenters. The van der Waals surface area contributed by atoms with Gasteiger partial charge in [-0.15, -0.1) is 0 Å². The van der Waals surface area contributed by atoms with Crippen molar-refractivity contribution in [1.82, 2.24) is 10.1 Å². The smallest absolute Gasteiger partial charge is 0.356 e. The summed E-state index contributed by atoms with van der Waals surface area (Å²) in [7, 11) is 0. The van der Waals surface area contributed by atoms with E-state index in [4.69, 9.17) is 0 Å². The van der Waals surface area contributed by atoms with Crippen molar-refractivity contribution in [3.63, 3.8) is 0 Å². The van der Waals surface area contributed by atoms with E-state index in [-0.39, 0.29) is 5.76 Å². The van der Waals surface area contributed by atoms with Gasteiger partial charge in [-0.2, -0.15) is 13.2 Å². The number of rotatable bonds is 1. The van der Waals surface area contributed by atoms with E-state index in [9.17, 15) is 13.2 Å². The molecule has 0 aliphatic rings. The Hall–Kier alpha value is -1.85. The molecular formula is C9H5F3N2O. The van der Waals surface area contributed by atoms with Crippen molar-refractivity contribution in [2.75, 3.05) is 0 Å². The molecule has 0 spiro atoms. The molecule has 0 N–H and O–H groups in total. The highest BCUT2D eigenvalue weighted by atomic mass is 19.4. The Morgan fingerprint density at radius 2 is 2.07 bits per heavy atom. The van der Waals surface area contributed by atoms with Crippen LogP contribution in [0.25, 0.3) is 11.3 Å². The molecule has 2 aromatic rings. The minimum Gasteiger partial charge on any atom is -0.356 e. The largest absolute Gasteiger partial charge is 0.436 e. The Bertz CT molecular complexity index is 450. The van der Waals surface area contributed by atoms with E-state index in [1.807, 2.05) is 0 Å². The molecule has 0 amide bonds. The predicted octanol–water partition coefficient (Wildman–Crippen LogP) is 2.76. The van der Waals surface area contributed by atoms with Crippen LogP contribution in [-0.4, -0.2) is 10.1 Å². The van der Waals surface area contributed by atoms with E-state index in [2.05, 4.69) is 14.7 Å². The fourth-order valence-corrected chi connectivity index (χ4v) is 1.05. The van der Waals surface area contributed by atoms with E-state index in [0.29, 0.717) is 5.56 Å². The first kappa shape index (κ1) is 9.70. The average Bonchev–Trinajstić information content (AvgIpc) is 2.67. The lowest BCUT2D eigenvalue weighted by atomic mass is 10.2. The van der Waals surface area contributed by atoms with Gasteiger partial charge in [0.1, 0.15) is 0 Å². The van der Waals surface area contributed by atoms with Crippen LogP contribution in [0, 0.1) is 0 Å². The van der Waals surface area contributed by atoms with Gasteiger partial charge in [-0.05, 0) is 12.1 Å². The van der Waals surface area contributed by atoms with Gasteiger partial charge in [0.05, 0.1) is 0 Å². The molecule has 0 radical (unpaired) electrons. The molecule has 0 saturated heterocycles. The summed E-state index contributed by atoms with van der Waals surface area (Å²) in [6, 6.07) is 4.04. The third kappa shape index (κ3) is 1.98. The SMILES string of the molecule is FC(F)(F)c1cc(-c2cccnc2)on1. The second kappa shape index (κ2) is 3.38. The van der Waals surface area contributed by atoms with Gasteiger partial charge in [0, 0.05) is 24.0 Å². The van der Waals surface area contributed by atoms with Gasteiger partial charge >= 0.3 is 6.18 Å². The summed E-state index contributed by atoms with van der Waals surface area (Å²) in [5.74, 6) is 0.0513. The second-order valence-corrected chi connectivity index (χ2v) is 2.82. The number of pyridine rings is 1. The van der Waals surface area contributed by atoms with Gasteiger partial charge in [-0.25, -0.2) is 0 Å². The summed E-state index contributed by atoms with van der Waals surface area (Å²) in [5.41, 5.74) is -0.582. The summed E-state index contributed by atoms with van der Waals surface area (Å²) in [4.78, 5) is 3.76. The molecule has 0 aromatic carbocycles. The van der Waals surface area contributed by atoms with E-state index >= 15 is 0 Å². The molecule has 0 bridgehead atoms. The maximum atomic E-state index is 12.2. The number of hydrogen-bond donors (Lipinski definition) is 0. The van der Waals surface area contributed by atoms with Gasteiger partial charge < -0.3 is 4.52 Å². The molecule has 0 saturated carbocycles. The van der Waals surface area contributed by atoms with Crippen LogP contribution in [0.5, 0.6) is 0 Å². The first-order valence-electron chi connectivity index (χ1n) is 4.02. The summed E-state index contributed by atoms with van der Waals surface area (Å²) >= 11 is 0. The summed E-state index contributed by atoms with van der Waals surface area (Å²) in [5, 5.41) is 2.94. The van der Waals surface area contributed by atoms with Crippen molar-refractivity contribution in [3.8, 4) is 11.3 Å². The molecule has 2 aromatic heterocycles. The van der Waals surface area contributed by atoms with Gasteiger partial charge in [-0.3, -0.25) is 4.98 Å². The fraction of sp³-hybridized carbons (Fsp3) is 0.111. The Morgan fingerprint density at radius 1 is 1.27 bits per heavy atom. The van der Waals surface area contributed by atoms with Crippen LogP contribution in [0.3, 0.4) is 0 Å². The number of aromatic nitrogens is 2. The van der Waals surface area contributed by atoms with Crippen LogP contribution in [0.4, 0.5) is 13.2 Å². The van der Waals surface area contributed by atoms with E-state index in [1.165, 1.54) is 12.4 Å².